The summed E-state index contributed by atoms with van der Waals surface area (Å²) in [4.78, 5) is 48.7. The molecule has 1 aliphatic heterocycles. The molecule has 1 saturated heterocycles. The molecule has 1 aliphatic rings. The van der Waals surface area contributed by atoms with Crippen LogP contribution in [0.2, 0.25) is 0 Å². The average Bonchev–Trinajstić information content (AvgIpc) is 2.92. The van der Waals surface area contributed by atoms with Crippen LogP contribution in [0.5, 0.6) is 5.75 Å². The first-order valence-corrected chi connectivity index (χ1v) is 8.58. The lowest BCUT2D eigenvalue weighted by molar-refractivity contribution is -0.384. The third-order valence-electron chi connectivity index (χ3n) is 4.60. The lowest BCUT2D eigenvalue weighted by Crippen LogP contribution is -2.42. The second-order valence-electron chi connectivity index (χ2n) is 6.50. The van der Waals surface area contributed by atoms with Crippen molar-refractivity contribution >= 4 is 29.2 Å². The maximum atomic E-state index is 12.8. The molecule has 1 atom stereocenters. The normalized spacial score (nSPS) is 18.3. The van der Waals surface area contributed by atoms with Gasteiger partial charge < -0.3 is 15.4 Å². The molecule has 0 bridgehead atoms. The molecule has 0 radical (unpaired) electrons. The van der Waals surface area contributed by atoms with Crippen LogP contribution in [0.15, 0.2) is 48.5 Å². The van der Waals surface area contributed by atoms with Crippen molar-refractivity contribution in [3.05, 3.63) is 64.2 Å². The van der Waals surface area contributed by atoms with E-state index in [0.717, 1.165) is 11.0 Å². The molecule has 10 heteroatoms. The molecule has 2 N–H and O–H groups in total. The van der Waals surface area contributed by atoms with E-state index in [0.29, 0.717) is 5.56 Å². The minimum atomic E-state index is -1.27. The van der Waals surface area contributed by atoms with Crippen LogP contribution in [0.1, 0.15) is 12.5 Å². The zero-order valence-electron chi connectivity index (χ0n) is 15.7. The molecule has 0 unspecified atom stereocenters. The second kappa shape index (κ2) is 7.58. The number of non-ortho nitro benzene ring substituents is 1. The van der Waals surface area contributed by atoms with E-state index in [-0.39, 0.29) is 17.1 Å². The van der Waals surface area contributed by atoms with E-state index in [1.165, 1.54) is 19.2 Å². The molecule has 10 nitrogen and oxygen atoms in total. The van der Waals surface area contributed by atoms with Crippen LogP contribution in [0.4, 0.5) is 16.2 Å². The maximum Gasteiger partial charge on any atom is 0.325 e. The number of amides is 4. The van der Waals surface area contributed by atoms with Crippen LogP contribution in [-0.2, 0) is 15.1 Å². The van der Waals surface area contributed by atoms with Crippen molar-refractivity contribution in [3.8, 4) is 5.75 Å². The van der Waals surface area contributed by atoms with Gasteiger partial charge in [-0.3, -0.25) is 24.6 Å². The molecule has 0 aromatic heterocycles. The molecule has 0 saturated carbocycles. The maximum absolute atomic E-state index is 12.8. The number of ether oxygens (including phenoxy) is 1. The highest BCUT2D eigenvalue weighted by atomic mass is 16.6. The Labute approximate surface area is 165 Å². The highest BCUT2D eigenvalue weighted by molar-refractivity contribution is 6.10. The second-order valence-corrected chi connectivity index (χ2v) is 6.50. The zero-order valence-corrected chi connectivity index (χ0v) is 15.7. The molecule has 2 aromatic carbocycles. The van der Waals surface area contributed by atoms with Gasteiger partial charge in [0.1, 0.15) is 17.8 Å². The fourth-order valence-corrected chi connectivity index (χ4v) is 3.04. The van der Waals surface area contributed by atoms with Crippen LogP contribution < -0.4 is 15.4 Å². The molecule has 4 amide bonds. The third-order valence-corrected chi connectivity index (χ3v) is 4.60. The number of carbonyl (C=O) groups is 3. The Morgan fingerprint density at radius 1 is 1.24 bits per heavy atom. The monoisotopic (exact) mass is 398 g/mol. The Kier molecular flexibility index (Phi) is 5.18. The lowest BCUT2D eigenvalue weighted by atomic mass is 9.92. The molecule has 3 rings (SSSR count). The summed E-state index contributed by atoms with van der Waals surface area (Å²) < 4.78 is 5.06. The minimum absolute atomic E-state index is 0.0823. The summed E-state index contributed by atoms with van der Waals surface area (Å²) in [6, 6.07) is 11.7. The number of carbonyl (C=O) groups excluding carboxylic acids is 3. The van der Waals surface area contributed by atoms with Crippen LogP contribution in [0.25, 0.3) is 0 Å². The number of urea groups is 1. The Bertz CT molecular complexity index is 993. The highest BCUT2D eigenvalue weighted by Gasteiger charge is 2.49. The highest BCUT2D eigenvalue weighted by Crippen LogP contribution is 2.30. The van der Waals surface area contributed by atoms with Crippen molar-refractivity contribution in [2.45, 2.75) is 12.5 Å². The van der Waals surface area contributed by atoms with Crippen molar-refractivity contribution in [2.75, 3.05) is 19.0 Å². The number of imide groups is 1. The Morgan fingerprint density at radius 2 is 1.93 bits per heavy atom. The van der Waals surface area contributed by atoms with Crippen LogP contribution in [0.3, 0.4) is 0 Å². The van der Waals surface area contributed by atoms with Gasteiger partial charge in [0.15, 0.2) is 0 Å². The number of nitrogens with zero attached hydrogens (tertiary/aromatic N) is 2. The summed E-state index contributed by atoms with van der Waals surface area (Å²) in [6.45, 7) is 1.05. The summed E-state index contributed by atoms with van der Waals surface area (Å²) in [5, 5.41) is 16.0. The summed E-state index contributed by atoms with van der Waals surface area (Å²) in [5.74, 6) is -1.13. The van der Waals surface area contributed by atoms with E-state index in [2.05, 4.69) is 10.6 Å². The number of benzene rings is 2. The molecule has 0 spiro atoms. The Balaban J connectivity index is 1.75. The van der Waals surface area contributed by atoms with Gasteiger partial charge >= 0.3 is 6.03 Å². The molecule has 150 valence electrons. The van der Waals surface area contributed by atoms with Gasteiger partial charge in [0.25, 0.3) is 11.6 Å². The van der Waals surface area contributed by atoms with Crippen molar-refractivity contribution in [2.24, 2.45) is 0 Å². The van der Waals surface area contributed by atoms with Gasteiger partial charge in [0.2, 0.25) is 5.91 Å². The summed E-state index contributed by atoms with van der Waals surface area (Å²) in [7, 11) is 1.30. The quantitative estimate of drug-likeness (QED) is 0.435. The number of hydrogen-bond donors (Lipinski definition) is 2. The van der Waals surface area contributed by atoms with Gasteiger partial charge in [0, 0.05) is 6.07 Å². The van der Waals surface area contributed by atoms with Gasteiger partial charge in [-0.2, -0.15) is 0 Å². The fourth-order valence-electron chi connectivity index (χ4n) is 3.04. The largest absolute Gasteiger partial charge is 0.494 e. The van der Waals surface area contributed by atoms with E-state index in [9.17, 15) is 24.5 Å². The van der Waals surface area contributed by atoms with E-state index < -0.39 is 34.9 Å². The summed E-state index contributed by atoms with van der Waals surface area (Å²) >= 11 is 0. The number of methoxy groups -OCH3 is 1. The van der Waals surface area contributed by atoms with Gasteiger partial charge in [-0.15, -0.1) is 0 Å². The van der Waals surface area contributed by atoms with Crippen LogP contribution in [-0.4, -0.2) is 41.3 Å². The van der Waals surface area contributed by atoms with Crippen LogP contribution in [0, 0.1) is 10.1 Å². The first-order chi connectivity index (χ1) is 13.8. The van der Waals surface area contributed by atoms with Crippen molar-refractivity contribution in [1.82, 2.24) is 10.2 Å². The zero-order chi connectivity index (χ0) is 21.2. The number of nitrogens with one attached hydrogen (secondary N) is 2. The van der Waals surface area contributed by atoms with E-state index in [1.807, 2.05) is 0 Å². The number of nitro benzene ring substituents is 1. The van der Waals surface area contributed by atoms with Gasteiger partial charge in [0.05, 0.1) is 23.8 Å². The third kappa shape index (κ3) is 3.72. The number of anilines is 1. The first kappa shape index (κ1) is 19.8. The van der Waals surface area contributed by atoms with Gasteiger partial charge in [-0.05, 0) is 18.6 Å². The molecule has 2 aromatic rings. The summed E-state index contributed by atoms with van der Waals surface area (Å²) in [6.07, 6.45) is 0. The molecular formula is C19H18N4O6. The molecule has 0 aliphatic carbocycles. The Morgan fingerprint density at radius 3 is 2.55 bits per heavy atom. The minimum Gasteiger partial charge on any atom is -0.494 e. The van der Waals surface area contributed by atoms with Crippen molar-refractivity contribution in [3.63, 3.8) is 0 Å². The molecular weight excluding hydrogens is 380 g/mol. The van der Waals surface area contributed by atoms with E-state index in [4.69, 9.17) is 4.74 Å². The van der Waals surface area contributed by atoms with E-state index in [1.54, 1.807) is 37.3 Å². The van der Waals surface area contributed by atoms with Gasteiger partial charge in [-0.25, -0.2) is 4.79 Å². The predicted molar refractivity (Wildman–Crippen MR) is 102 cm³/mol. The first-order valence-electron chi connectivity index (χ1n) is 8.58. The number of hydrogen-bond acceptors (Lipinski definition) is 6. The number of nitro groups is 1. The molecule has 1 fully saturated rings. The standard InChI is InChI=1S/C19H18N4O6/c1-19(12-6-4-3-5-7-12)17(25)22(18(26)21-19)11-16(24)20-14-9-8-13(23(27)28)10-15(14)29-2/h3-10H,11H2,1-2H3,(H,20,24)(H,21,26)/t19-/m1/s1. The van der Waals surface area contributed by atoms with Crippen molar-refractivity contribution < 1.29 is 24.0 Å². The van der Waals surface area contributed by atoms with Crippen molar-refractivity contribution in [1.29, 1.82) is 0 Å². The lowest BCUT2D eigenvalue weighted by Gasteiger charge is -2.22. The number of rotatable bonds is 6. The predicted octanol–water partition coefficient (Wildman–Crippen LogP) is 2.01. The Hall–Kier alpha value is -3.95. The topological polar surface area (TPSA) is 131 Å². The SMILES string of the molecule is COc1cc([N+](=O)[O-])ccc1NC(=O)CN1C(=O)N[C@](C)(c2ccccc2)C1=O. The van der Waals surface area contributed by atoms with E-state index >= 15 is 0 Å². The summed E-state index contributed by atoms with van der Waals surface area (Å²) in [5.41, 5.74) is -0.698. The van der Waals surface area contributed by atoms with Crippen LogP contribution >= 0.6 is 0 Å². The molecule has 29 heavy (non-hydrogen) atoms. The van der Waals surface area contributed by atoms with Gasteiger partial charge in [-0.1, -0.05) is 30.3 Å². The fraction of sp³-hybridized carbons (Fsp3) is 0.211. The molecule has 1 heterocycles. The average molecular weight is 398 g/mol. The smallest absolute Gasteiger partial charge is 0.325 e.